The van der Waals surface area contributed by atoms with Gasteiger partial charge in [0.25, 0.3) is 0 Å². The molecule has 0 aliphatic heterocycles. The normalized spacial score (nSPS) is 10.9. The Labute approximate surface area is 104 Å². The molecule has 2 nitrogen and oxygen atoms in total. The molecular formula is C11H17BrN2S. The highest BCUT2D eigenvalue weighted by atomic mass is 79.9. The number of halogens is 1. The molecule has 0 amide bonds. The van der Waals surface area contributed by atoms with Gasteiger partial charge in [-0.2, -0.15) is 0 Å². The maximum atomic E-state index is 5.87. The molecule has 1 aromatic rings. The fraction of sp³-hybridized carbons (Fsp3) is 0.455. The van der Waals surface area contributed by atoms with Crippen molar-refractivity contribution in [1.82, 2.24) is 5.32 Å². The van der Waals surface area contributed by atoms with Crippen LogP contribution in [0.3, 0.4) is 0 Å². The van der Waals surface area contributed by atoms with Crippen molar-refractivity contribution in [1.29, 1.82) is 0 Å². The molecule has 0 atom stereocenters. The van der Waals surface area contributed by atoms with Gasteiger partial charge < -0.3 is 11.1 Å². The number of nitrogens with two attached hydrogens (primary N) is 1. The number of anilines is 1. The van der Waals surface area contributed by atoms with Crippen LogP contribution in [0.15, 0.2) is 27.6 Å². The zero-order valence-electron chi connectivity index (χ0n) is 9.09. The molecule has 1 aromatic carbocycles. The molecule has 0 aliphatic carbocycles. The summed E-state index contributed by atoms with van der Waals surface area (Å²) < 4.78 is 1.08. The Morgan fingerprint density at radius 3 is 2.87 bits per heavy atom. The predicted molar refractivity (Wildman–Crippen MR) is 72.4 cm³/mol. The summed E-state index contributed by atoms with van der Waals surface area (Å²) in [5.41, 5.74) is 6.72. The van der Waals surface area contributed by atoms with E-state index in [1.54, 1.807) is 11.8 Å². The number of benzene rings is 1. The molecule has 0 spiro atoms. The number of nitrogens with one attached hydrogen (secondary N) is 1. The van der Waals surface area contributed by atoms with Gasteiger partial charge in [0, 0.05) is 33.4 Å². The van der Waals surface area contributed by atoms with Crippen molar-refractivity contribution < 1.29 is 0 Å². The molecule has 0 fully saturated rings. The average molecular weight is 289 g/mol. The largest absolute Gasteiger partial charge is 0.398 e. The number of rotatable bonds is 5. The van der Waals surface area contributed by atoms with E-state index in [1.165, 1.54) is 0 Å². The molecule has 4 heteroatoms. The lowest BCUT2D eigenvalue weighted by Gasteiger charge is -2.09. The van der Waals surface area contributed by atoms with Crippen molar-refractivity contribution >= 4 is 33.4 Å². The lowest BCUT2D eigenvalue weighted by molar-refractivity contribution is 0.616. The molecule has 0 aromatic heterocycles. The van der Waals surface area contributed by atoms with E-state index in [-0.39, 0.29) is 0 Å². The van der Waals surface area contributed by atoms with E-state index in [9.17, 15) is 0 Å². The van der Waals surface area contributed by atoms with E-state index in [0.29, 0.717) is 6.04 Å². The fourth-order valence-electron chi connectivity index (χ4n) is 1.14. The van der Waals surface area contributed by atoms with E-state index in [2.05, 4.69) is 41.2 Å². The van der Waals surface area contributed by atoms with E-state index < -0.39 is 0 Å². The second kappa shape index (κ2) is 6.40. The van der Waals surface area contributed by atoms with Crippen LogP contribution in [0.5, 0.6) is 0 Å². The number of thioether (sulfide) groups is 1. The Morgan fingerprint density at radius 2 is 2.20 bits per heavy atom. The van der Waals surface area contributed by atoms with Crippen LogP contribution in [0.2, 0.25) is 0 Å². The Morgan fingerprint density at radius 1 is 1.47 bits per heavy atom. The monoisotopic (exact) mass is 288 g/mol. The van der Waals surface area contributed by atoms with Gasteiger partial charge >= 0.3 is 0 Å². The molecule has 84 valence electrons. The zero-order valence-corrected chi connectivity index (χ0v) is 11.5. The highest BCUT2D eigenvalue weighted by molar-refractivity contribution is 9.10. The van der Waals surface area contributed by atoms with Gasteiger partial charge in [-0.15, -0.1) is 11.8 Å². The smallest absolute Gasteiger partial charge is 0.0453 e. The number of hydrogen-bond acceptors (Lipinski definition) is 3. The molecule has 0 unspecified atom stereocenters. The van der Waals surface area contributed by atoms with E-state index in [4.69, 9.17) is 5.73 Å². The standard InChI is InChI=1S/C11H17BrN2S/c1-8(2)14-5-6-15-11-7-9(12)3-4-10(11)13/h3-4,7-8,14H,5-6,13H2,1-2H3. The number of nitrogen functional groups attached to an aromatic ring is 1. The maximum absolute atomic E-state index is 5.87. The minimum Gasteiger partial charge on any atom is -0.398 e. The van der Waals surface area contributed by atoms with E-state index in [0.717, 1.165) is 27.4 Å². The molecule has 15 heavy (non-hydrogen) atoms. The molecule has 0 heterocycles. The van der Waals surface area contributed by atoms with Gasteiger partial charge in [0.1, 0.15) is 0 Å². The highest BCUT2D eigenvalue weighted by Crippen LogP contribution is 2.27. The SMILES string of the molecule is CC(C)NCCSc1cc(Br)ccc1N. The van der Waals surface area contributed by atoms with Gasteiger partial charge in [0.15, 0.2) is 0 Å². The molecule has 0 radical (unpaired) electrons. The second-order valence-electron chi connectivity index (χ2n) is 3.64. The van der Waals surface area contributed by atoms with Crippen molar-refractivity contribution in [3.8, 4) is 0 Å². The first kappa shape index (κ1) is 12.9. The highest BCUT2D eigenvalue weighted by Gasteiger charge is 2.00. The first-order chi connectivity index (χ1) is 7.09. The Kier molecular flexibility index (Phi) is 5.50. The molecule has 0 bridgehead atoms. The minimum absolute atomic E-state index is 0.547. The fourth-order valence-corrected chi connectivity index (χ4v) is 2.54. The van der Waals surface area contributed by atoms with Gasteiger partial charge in [-0.05, 0) is 18.2 Å². The van der Waals surface area contributed by atoms with Crippen molar-refractivity contribution in [2.24, 2.45) is 0 Å². The quantitative estimate of drug-likeness (QED) is 0.497. The van der Waals surface area contributed by atoms with Gasteiger partial charge in [-0.25, -0.2) is 0 Å². The molecule has 1 rings (SSSR count). The lowest BCUT2D eigenvalue weighted by Crippen LogP contribution is -2.24. The van der Waals surface area contributed by atoms with Crippen LogP contribution in [0.25, 0.3) is 0 Å². The van der Waals surface area contributed by atoms with Crippen LogP contribution >= 0.6 is 27.7 Å². The van der Waals surface area contributed by atoms with Gasteiger partial charge in [-0.1, -0.05) is 29.8 Å². The van der Waals surface area contributed by atoms with Crippen molar-refractivity contribution in [3.63, 3.8) is 0 Å². The summed E-state index contributed by atoms with van der Waals surface area (Å²) in [7, 11) is 0. The van der Waals surface area contributed by atoms with Gasteiger partial charge in [-0.3, -0.25) is 0 Å². The van der Waals surface area contributed by atoms with Crippen LogP contribution in [-0.2, 0) is 0 Å². The third-order valence-corrected chi connectivity index (χ3v) is 3.45. The Balaban J connectivity index is 2.40. The van der Waals surface area contributed by atoms with Crippen LogP contribution < -0.4 is 11.1 Å². The number of hydrogen-bond donors (Lipinski definition) is 2. The molecule has 0 aliphatic rings. The molecule has 0 saturated heterocycles. The lowest BCUT2D eigenvalue weighted by atomic mass is 10.3. The van der Waals surface area contributed by atoms with Crippen LogP contribution in [0, 0.1) is 0 Å². The zero-order chi connectivity index (χ0) is 11.3. The summed E-state index contributed by atoms with van der Waals surface area (Å²) in [6.07, 6.45) is 0. The van der Waals surface area contributed by atoms with Crippen LogP contribution in [0.4, 0.5) is 5.69 Å². The van der Waals surface area contributed by atoms with Crippen molar-refractivity contribution in [2.75, 3.05) is 18.0 Å². The topological polar surface area (TPSA) is 38.0 Å². The van der Waals surface area contributed by atoms with Gasteiger partial charge in [0.05, 0.1) is 0 Å². The van der Waals surface area contributed by atoms with Crippen molar-refractivity contribution in [3.05, 3.63) is 22.7 Å². The summed E-state index contributed by atoms with van der Waals surface area (Å²) >= 11 is 5.23. The van der Waals surface area contributed by atoms with Crippen LogP contribution in [0.1, 0.15) is 13.8 Å². The summed E-state index contributed by atoms with van der Waals surface area (Å²) in [6, 6.07) is 6.51. The van der Waals surface area contributed by atoms with Crippen molar-refractivity contribution in [2.45, 2.75) is 24.8 Å². The third kappa shape index (κ3) is 4.91. The molecule has 3 N–H and O–H groups in total. The Bertz CT molecular complexity index is 315. The summed E-state index contributed by atoms with van der Waals surface area (Å²) in [5.74, 6) is 1.04. The summed E-state index contributed by atoms with van der Waals surface area (Å²) in [4.78, 5) is 1.15. The predicted octanol–water partition coefficient (Wildman–Crippen LogP) is 3.12. The van der Waals surface area contributed by atoms with E-state index in [1.807, 2.05) is 12.1 Å². The summed E-state index contributed by atoms with van der Waals surface area (Å²) in [6.45, 7) is 5.31. The average Bonchev–Trinajstić information content (AvgIpc) is 2.17. The minimum atomic E-state index is 0.547. The molecular weight excluding hydrogens is 272 g/mol. The first-order valence-electron chi connectivity index (χ1n) is 5.01. The summed E-state index contributed by atoms with van der Waals surface area (Å²) in [5, 5.41) is 3.38. The third-order valence-electron chi connectivity index (χ3n) is 1.89. The van der Waals surface area contributed by atoms with E-state index >= 15 is 0 Å². The second-order valence-corrected chi connectivity index (χ2v) is 5.69. The molecule has 0 saturated carbocycles. The Hall–Kier alpha value is -0.190. The first-order valence-corrected chi connectivity index (χ1v) is 6.78. The van der Waals surface area contributed by atoms with Gasteiger partial charge in [0.2, 0.25) is 0 Å². The maximum Gasteiger partial charge on any atom is 0.0453 e. The van der Waals surface area contributed by atoms with Crippen LogP contribution in [-0.4, -0.2) is 18.3 Å².